The van der Waals surface area contributed by atoms with Crippen molar-refractivity contribution in [2.24, 2.45) is 0 Å². The molecule has 0 aromatic heterocycles. The van der Waals surface area contributed by atoms with Crippen LogP contribution in [0.5, 0.6) is 0 Å². The van der Waals surface area contributed by atoms with E-state index in [1.54, 1.807) is 0 Å². The van der Waals surface area contributed by atoms with Gasteiger partial charge in [0.2, 0.25) is 0 Å². The SMILES string of the molecule is COC(=O)CN1CCN(CC(=O)OC)CCN(CC(O)CN(CC(=O)O)C(CO)(CO)CO)CCN(CC(=O)OC)CC1. The van der Waals surface area contributed by atoms with Crippen LogP contribution in [0.4, 0.5) is 0 Å². The zero-order valence-corrected chi connectivity index (χ0v) is 25.4. The number of carbonyl (C=O) groups excluding carboxylic acids is 3. The molecule has 5 N–H and O–H groups in total. The number of carboxylic acid groups (broad SMARTS) is 1. The number of rotatable bonds is 16. The minimum atomic E-state index is -1.66. The summed E-state index contributed by atoms with van der Waals surface area (Å²) in [4.78, 5) is 56.4. The monoisotopic (exact) mass is 623 g/mol. The molecule has 1 heterocycles. The molecule has 0 bridgehead atoms. The highest BCUT2D eigenvalue weighted by molar-refractivity contribution is 5.72. The van der Waals surface area contributed by atoms with Gasteiger partial charge in [0.05, 0.1) is 79.0 Å². The molecule has 0 radical (unpaired) electrons. The summed E-state index contributed by atoms with van der Waals surface area (Å²) in [5.74, 6) is -2.58. The van der Waals surface area contributed by atoms with Crippen molar-refractivity contribution in [1.82, 2.24) is 24.5 Å². The average molecular weight is 624 g/mol. The molecule has 1 aliphatic rings. The summed E-state index contributed by atoms with van der Waals surface area (Å²) in [6.45, 7) is 0.0340. The number of ether oxygens (including phenoxy) is 3. The number of esters is 3. The van der Waals surface area contributed by atoms with Crippen LogP contribution in [0.15, 0.2) is 0 Å². The number of β-amino-alcohol motifs (C(OH)–C–C–N with tert-alkyl or cyclic N) is 1. The summed E-state index contributed by atoms with van der Waals surface area (Å²) in [6.07, 6.45) is -1.16. The highest BCUT2D eigenvalue weighted by Gasteiger charge is 2.38. The maximum absolute atomic E-state index is 12.1. The summed E-state index contributed by atoms with van der Waals surface area (Å²) in [7, 11) is 3.87. The normalized spacial score (nSPS) is 18.0. The number of hydrogen-bond donors (Lipinski definition) is 5. The fourth-order valence-corrected chi connectivity index (χ4v) is 4.63. The largest absolute Gasteiger partial charge is 0.480 e. The molecular formula is C26H49N5O12. The molecule has 0 amide bonds. The van der Waals surface area contributed by atoms with Crippen molar-refractivity contribution >= 4 is 23.9 Å². The predicted octanol–water partition coefficient (Wildman–Crippen LogP) is -4.81. The van der Waals surface area contributed by atoms with Gasteiger partial charge >= 0.3 is 23.9 Å². The van der Waals surface area contributed by atoms with Gasteiger partial charge in [0, 0.05) is 65.4 Å². The number of carboxylic acids is 1. The van der Waals surface area contributed by atoms with Crippen LogP contribution in [0.2, 0.25) is 0 Å². The third-order valence-electron chi connectivity index (χ3n) is 7.45. The molecular weight excluding hydrogens is 574 g/mol. The molecule has 250 valence electrons. The van der Waals surface area contributed by atoms with Crippen molar-refractivity contribution in [3.05, 3.63) is 0 Å². The van der Waals surface area contributed by atoms with E-state index in [4.69, 9.17) is 14.2 Å². The van der Waals surface area contributed by atoms with E-state index < -0.39 is 61.9 Å². The second-order valence-corrected chi connectivity index (χ2v) is 10.5. The summed E-state index contributed by atoms with van der Waals surface area (Å²) < 4.78 is 14.5. The zero-order chi connectivity index (χ0) is 32.4. The first kappa shape index (κ1) is 38.5. The molecule has 17 nitrogen and oxygen atoms in total. The zero-order valence-electron chi connectivity index (χ0n) is 25.4. The summed E-state index contributed by atoms with van der Waals surface area (Å²) in [5, 5.41) is 49.9. The van der Waals surface area contributed by atoms with Crippen molar-refractivity contribution in [3.63, 3.8) is 0 Å². The van der Waals surface area contributed by atoms with Gasteiger partial charge in [-0.2, -0.15) is 0 Å². The Morgan fingerprint density at radius 1 is 0.674 bits per heavy atom. The third kappa shape index (κ3) is 14.2. The van der Waals surface area contributed by atoms with Crippen LogP contribution in [0, 0.1) is 0 Å². The van der Waals surface area contributed by atoms with Gasteiger partial charge in [0.1, 0.15) is 0 Å². The first-order valence-corrected chi connectivity index (χ1v) is 14.0. The maximum atomic E-state index is 12.1. The molecule has 1 saturated heterocycles. The lowest BCUT2D eigenvalue weighted by molar-refractivity contribution is -0.145. The Kier molecular flexibility index (Phi) is 18.4. The average Bonchev–Trinajstić information content (AvgIpc) is 2.98. The lowest BCUT2D eigenvalue weighted by Gasteiger charge is -2.41. The second-order valence-electron chi connectivity index (χ2n) is 10.5. The number of aliphatic hydroxyl groups is 4. The smallest absolute Gasteiger partial charge is 0.319 e. The highest BCUT2D eigenvalue weighted by atomic mass is 16.5. The molecule has 1 rings (SSSR count). The number of nitrogens with zero attached hydrogens (tertiary/aromatic N) is 5. The third-order valence-corrected chi connectivity index (χ3v) is 7.45. The van der Waals surface area contributed by atoms with Crippen LogP contribution in [-0.2, 0) is 33.4 Å². The topological polar surface area (TPSA) is 213 Å². The fourth-order valence-electron chi connectivity index (χ4n) is 4.63. The summed E-state index contributed by atoms with van der Waals surface area (Å²) >= 11 is 0. The Balaban J connectivity index is 3.19. The van der Waals surface area contributed by atoms with Crippen LogP contribution in [-0.4, -0.2) is 218 Å². The van der Waals surface area contributed by atoms with Crippen LogP contribution in [0.1, 0.15) is 0 Å². The van der Waals surface area contributed by atoms with Crippen molar-refractivity contribution < 1.29 is 58.9 Å². The number of aliphatic hydroxyl groups excluding tert-OH is 4. The van der Waals surface area contributed by atoms with Crippen LogP contribution in [0.3, 0.4) is 0 Å². The Bertz CT molecular complexity index is 820. The van der Waals surface area contributed by atoms with E-state index in [-0.39, 0.29) is 32.7 Å². The first-order chi connectivity index (χ1) is 20.4. The van der Waals surface area contributed by atoms with E-state index >= 15 is 0 Å². The van der Waals surface area contributed by atoms with Gasteiger partial charge < -0.3 is 39.7 Å². The van der Waals surface area contributed by atoms with Gasteiger partial charge in [-0.1, -0.05) is 0 Å². The molecule has 1 atom stereocenters. The Hall–Kier alpha value is -2.48. The van der Waals surface area contributed by atoms with Crippen LogP contribution in [0.25, 0.3) is 0 Å². The van der Waals surface area contributed by atoms with Crippen molar-refractivity contribution in [2.75, 3.05) is 133 Å². The molecule has 0 aromatic carbocycles. The van der Waals surface area contributed by atoms with Crippen molar-refractivity contribution in [1.29, 1.82) is 0 Å². The maximum Gasteiger partial charge on any atom is 0.319 e. The fraction of sp³-hybridized carbons (Fsp3) is 0.846. The van der Waals surface area contributed by atoms with E-state index in [2.05, 4.69) is 0 Å². The Labute approximate surface area is 252 Å². The molecule has 0 spiro atoms. The van der Waals surface area contributed by atoms with Gasteiger partial charge in [-0.05, 0) is 0 Å². The Morgan fingerprint density at radius 3 is 1.28 bits per heavy atom. The van der Waals surface area contributed by atoms with Crippen molar-refractivity contribution in [2.45, 2.75) is 11.6 Å². The van der Waals surface area contributed by atoms with Gasteiger partial charge in [-0.3, -0.25) is 43.7 Å². The van der Waals surface area contributed by atoms with E-state index in [1.807, 2.05) is 19.6 Å². The lowest BCUT2D eigenvalue weighted by Crippen LogP contribution is -2.61. The number of aliphatic carboxylic acids is 1. The molecule has 1 fully saturated rings. The molecule has 1 unspecified atom stereocenters. The van der Waals surface area contributed by atoms with Gasteiger partial charge in [0.25, 0.3) is 0 Å². The second kappa shape index (κ2) is 20.5. The van der Waals surface area contributed by atoms with E-state index in [0.717, 1.165) is 4.90 Å². The molecule has 17 heteroatoms. The predicted molar refractivity (Wildman–Crippen MR) is 151 cm³/mol. The molecule has 1 aliphatic heterocycles. The number of carbonyl (C=O) groups is 4. The number of methoxy groups -OCH3 is 3. The van der Waals surface area contributed by atoms with Crippen molar-refractivity contribution in [3.8, 4) is 0 Å². The minimum Gasteiger partial charge on any atom is -0.480 e. The van der Waals surface area contributed by atoms with E-state index in [1.165, 1.54) is 21.3 Å². The molecule has 0 aliphatic carbocycles. The highest BCUT2D eigenvalue weighted by Crippen LogP contribution is 2.15. The quantitative estimate of drug-likeness (QED) is 0.0806. The first-order valence-electron chi connectivity index (χ1n) is 14.0. The summed E-state index contributed by atoms with van der Waals surface area (Å²) in [5.41, 5.74) is -1.66. The number of hydrogen-bond acceptors (Lipinski definition) is 16. The standard InChI is InChI=1S/C26H49N5O12/c1-41-23(38)15-28-6-4-27(12-21(35)13-31(14-22(36)37)26(18-32,19-33)20-34)5-7-29(16-24(39)42-2)9-11-30(10-8-28)17-25(40)43-3/h21,32-35H,4-20H2,1-3H3,(H,36,37). The van der Waals surface area contributed by atoms with Gasteiger partial charge in [0.15, 0.2) is 0 Å². The van der Waals surface area contributed by atoms with E-state index in [0.29, 0.717) is 52.4 Å². The van der Waals surface area contributed by atoms with Crippen LogP contribution >= 0.6 is 0 Å². The molecule has 0 aromatic rings. The van der Waals surface area contributed by atoms with E-state index in [9.17, 15) is 44.7 Å². The summed E-state index contributed by atoms with van der Waals surface area (Å²) in [6, 6.07) is 0. The Morgan fingerprint density at radius 2 is 1.00 bits per heavy atom. The van der Waals surface area contributed by atoms with Gasteiger partial charge in [-0.15, -0.1) is 0 Å². The molecule has 0 saturated carbocycles. The minimum absolute atomic E-state index is 0.00810. The van der Waals surface area contributed by atoms with Crippen LogP contribution < -0.4 is 0 Å². The lowest BCUT2D eigenvalue weighted by atomic mass is 9.99. The molecule has 43 heavy (non-hydrogen) atoms. The van der Waals surface area contributed by atoms with Gasteiger partial charge in [-0.25, -0.2) is 0 Å².